The highest BCUT2D eigenvalue weighted by Gasteiger charge is 2.04. The Morgan fingerprint density at radius 3 is 3.08 bits per heavy atom. The highest BCUT2D eigenvalue weighted by molar-refractivity contribution is 6.63. The summed E-state index contributed by atoms with van der Waals surface area (Å²) in [6.45, 7) is 0. The summed E-state index contributed by atoms with van der Waals surface area (Å²) in [6, 6.07) is 3.42. The van der Waals surface area contributed by atoms with Gasteiger partial charge in [0.1, 0.15) is 11.3 Å². The molecule has 0 aliphatic carbocycles. The molecule has 12 heavy (non-hydrogen) atoms. The zero-order chi connectivity index (χ0) is 8.55. The Morgan fingerprint density at radius 2 is 2.33 bits per heavy atom. The van der Waals surface area contributed by atoms with E-state index >= 15 is 0 Å². The summed E-state index contributed by atoms with van der Waals surface area (Å²) in [5, 5.41) is 0. The fourth-order valence-electron chi connectivity index (χ4n) is 1.14. The van der Waals surface area contributed by atoms with Crippen molar-refractivity contribution in [2.45, 2.75) is 0 Å². The molecule has 0 N–H and O–H groups in total. The van der Waals surface area contributed by atoms with Crippen LogP contribution in [0.15, 0.2) is 30.7 Å². The largest absolute Gasteiger partial charge is 0.307 e. The highest BCUT2D eigenvalue weighted by Crippen LogP contribution is 2.07. The van der Waals surface area contributed by atoms with Crippen LogP contribution < -0.4 is 0 Å². The summed E-state index contributed by atoms with van der Waals surface area (Å²) in [7, 11) is 5.15. The van der Waals surface area contributed by atoms with Crippen LogP contribution in [0.25, 0.3) is 5.65 Å². The maximum atomic E-state index is 10.9. The molecule has 0 aliphatic rings. The number of pyridine rings is 1. The average molecular weight is 156 g/mol. The lowest BCUT2D eigenvalue weighted by molar-refractivity contribution is 0.108. The Hall–Kier alpha value is -1.58. The molecule has 2 heterocycles. The topological polar surface area (TPSA) is 34.4 Å². The van der Waals surface area contributed by atoms with Gasteiger partial charge in [-0.3, -0.25) is 0 Å². The summed E-state index contributed by atoms with van der Waals surface area (Å²) >= 11 is 0. The molecule has 2 rings (SSSR count). The second kappa shape index (κ2) is 2.48. The molecule has 4 heteroatoms. The lowest BCUT2D eigenvalue weighted by Crippen LogP contribution is -2.00. The Labute approximate surface area is 70.4 Å². The number of rotatable bonds is 1. The van der Waals surface area contributed by atoms with Crippen LogP contribution in [-0.2, 0) is 0 Å². The summed E-state index contributed by atoms with van der Waals surface area (Å²) in [4.78, 5) is 14.9. The smallest absolute Gasteiger partial charge is 0.175 e. The van der Waals surface area contributed by atoms with Crippen LogP contribution in [-0.4, -0.2) is 22.9 Å². The normalized spacial score (nSPS) is 10.3. The number of aromatic nitrogens is 2. The number of carbonyl (C=O) groups excluding carboxylic acids is 1. The van der Waals surface area contributed by atoms with Crippen molar-refractivity contribution in [3.05, 3.63) is 36.3 Å². The van der Waals surface area contributed by atoms with E-state index in [-0.39, 0.29) is 0 Å². The zero-order valence-corrected chi connectivity index (χ0v) is 6.27. The van der Waals surface area contributed by atoms with Crippen molar-refractivity contribution in [1.82, 2.24) is 9.38 Å². The van der Waals surface area contributed by atoms with Crippen molar-refractivity contribution in [3.8, 4) is 0 Å². The van der Waals surface area contributed by atoms with Gasteiger partial charge in [0.05, 0.1) is 0 Å². The average Bonchev–Trinajstić information content (AvgIpc) is 2.49. The number of hydrogen-bond acceptors (Lipinski definition) is 2. The van der Waals surface area contributed by atoms with Crippen molar-refractivity contribution in [1.29, 1.82) is 0 Å². The summed E-state index contributed by atoms with van der Waals surface area (Å²) < 4.78 is 1.75. The molecular weight excluding hydrogens is 151 g/mol. The van der Waals surface area contributed by atoms with Gasteiger partial charge in [-0.15, -0.1) is 0 Å². The molecule has 2 aromatic rings. The maximum absolute atomic E-state index is 10.9. The molecule has 56 valence electrons. The Morgan fingerprint density at radius 1 is 1.50 bits per heavy atom. The molecule has 0 fully saturated rings. The van der Waals surface area contributed by atoms with Crippen molar-refractivity contribution < 1.29 is 4.79 Å². The first kappa shape index (κ1) is 7.09. The van der Waals surface area contributed by atoms with Crippen LogP contribution in [0.3, 0.4) is 0 Å². The fraction of sp³-hybridized carbons (Fsp3) is 0. The van der Waals surface area contributed by atoms with Crippen molar-refractivity contribution in [2.75, 3.05) is 0 Å². The van der Waals surface area contributed by atoms with E-state index in [4.69, 9.17) is 7.85 Å². The molecule has 0 amide bonds. The van der Waals surface area contributed by atoms with E-state index < -0.39 is 5.68 Å². The first-order chi connectivity index (χ1) is 5.79. The number of imidazole rings is 1. The van der Waals surface area contributed by atoms with E-state index in [0.717, 1.165) is 0 Å². The third kappa shape index (κ3) is 0.924. The lowest BCUT2D eigenvalue weighted by atomic mass is 9.96. The minimum Gasteiger partial charge on any atom is -0.307 e. The summed E-state index contributed by atoms with van der Waals surface area (Å²) in [6.07, 6.45) is 5.21. The van der Waals surface area contributed by atoms with Gasteiger partial charge >= 0.3 is 0 Å². The van der Waals surface area contributed by atoms with Crippen molar-refractivity contribution in [3.63, 3.8) is 0 Å². The molecule has 0 bridgehead atoms. The van der Waals surface area contributed by atoms with Crippen LogP contribution in [0.4, 0.5) is 0 Å². The molecule has 0 spiro atoms. The SMILES string of the molecule is [B]C(=O)c1cccn2ccnc12. The number of carbonyl (C=O) groups is 1. The van der Waals surface area contributed by atoms with Gasteiger partial charge < -0.3 is 9.20 Å². The van der Waals surface area contributed by atoms with E-state index in [9.17, 15) is 4.79 Å². The van der Waals surface area contributed by atoms with Gasteiger partial charge in [-0.25, -0.2) is 4.98 Å². The predicted octanol–water partition coefficient (Wildman–Crippen LogP) is 0.643. The van der Waals surface area contributed by atoms with Crippen LogP contribution >= 0.6 is 0 Å². The standard InChI is InChI=1S/C8H5BN2O/c9-7(12)6-2-1-4-11-5-3-10-8(6)11/h1-5H. The summed E-state index contributed by atoms with van der Waals surface area (Å²) in [5.41, 5.74) is 0.597. The van der Waals surface area contributed by atoms with Gasteiger partial charge in [0.15, 0.2) is 7.85 Å². The number of nitrogens with zero attached hydrogens (tertiary/aromatic N) is 2. The quantitative estimate of drug-likeness (QED) is 0.567. The molecule has 0 aliphatic heterocycles. The second-order valence-electron chi connectivity index (χ2n) is 2.44. The van der Waals surface area contributed by atoms with Gasteiger partial charge in [0.2, 0.25) is 0 Å². The monoisotopic (exact) mass is 156 g/mol. The van der Waals surface area contributed by atoms with E-state index in [1.54, 1.807) is 28.9 Å². The molecule has 0 unspecified atom stereocenters. The second-order valence-corrected chi connectivity index (χ2v) is 2.44. The Kier molecular flexibility index (Phi) is 1.47. The predicted molar refractivity (Wildman–Crippen MR) is 45.3 cm³/mol. The van der Waals surface area contributed by atoms with Crippen LogP contribution in [0.5, 0.6) is 0 Å². The minimum absolute atomic E-state index is 0.447. The highest BCUT2D eigenvalue weighted by atomic mass is 16.1. The molecule has 0 atom stereocenters. The zero-order valence-electron chi connectivity index (χ0n) is 6.27. The number of fused-ring (bicyclic) bond motifs is 1. The molecule has 2 radical (unpaired) electrons. The van der Waals surface area contributed by atoms with Gasteiger partial charge in [-0.05, 0) is 12.1 Å². The Bertz CT molecular complexity index is 435. The van der Waals surface area contributed by atoms with E-state index in [1.165, 1.54) is 0 Å². The van der Waals surface area contributed by atoms with Gasteiger partial charge in [0.25, 0.3) is 0 Å². The van der Waals surface area contributed by atoms with E-state index in [1.807, 2.05) is 6.20 Å². The first-order valence-electron chi connectivity index (χ1n) is 3.50. The van der Waals surface area contributed by atoms with Crippen LogP contribution in [0.1, 0.15) is 10.4 Å². The molecule has 0 saturated carbocycles. The van der Waals surface area contributed by atoms with Crippen molar-refractivity contribution >= 4 is 19.2 Å². The first-order valence-corrected chi connectivity index (χ1v) is 3.50. The molecule has 3 nitrogen and oxygen atoms in total. The third-order valence-electron chi connectivity index (χ3n) is 1.68. The van der Waals surface area contributed by atoms with Crippen LogP contribution in [0, 0.1) is 0 Å². The fourth-order valence-corrected chi connectivity index (χ4v) is 1.14. The third-order valence-corrected chi connectivity index (χ3v) is 1.68. The van der Waals surface area contributed by atoms with E-state index in [0.29, 0.717) is 11.2 Å². The van der Waals surface area contributed by atoms with Crippen LogP contribution in [0.2, 0.25) is 0 Å². The summed E-state index contributed by atoms with van der Waals surface area (Å²) in [5.74, 6) is 0. The van der Waals surface area contributed by atoms with Gasteiger partial charge in [-0.1, -0.05) is 0 Å². The molecule has 2 aromatic heterocycles. The van der Waals surface area contributed by atoms with E-state index in [2.05, 4.69) is 4.98 Å². The minimum atomic E-state index is -0.452. The Balaban J connectivity index is 2.82. The molecular formula is C8H5BN2O. The van der Waals surface area contributed by atoms with Gasteiger partial charge in [-0.2, -0.15) is 0 Å². The van der Waals surface area contributed by atoms with Crippen molar-refractivity contribution in [2.24, 2.45) is 0 Å². The maximum Gasteiger partial charge on any atom is 0.175 e. The lowest BCUT2D eigenvalue weighted by Gasteiger charge is -1.97. The molecule has 0 aromatic carbocycles. The number of hydrogen-bond donors (Lipinski definition) is 0. The van der Waals surface area contributed by atoms with Gasteiger partial charge in [0, 0.05) is 24.2 Å². The molecule has 0 saturated heterocycles.